The van der Waals surface area contributed by atoms with E-state index in [9.17, 15) is 4.79 Å². The number of hydrogen-bond acceptors (Lipinski definition) is 2. The first-order chi connectivity index (χ1) is 6.44. The number of esters is 1. The third kappa shape index (κ3) is 3.82. The summed E-state index contributed by atoms with van der Waals surface area (Å²) in [6, 6.07) is 1.28. The lowest BCUT2D eigenvalue weighted by molar-refractivity contribution is -0.145. The normalized spacial score (nSPS) is 26.0. The summed E-state index contributed by atoms with van der Waals surface area (Å²) < 4.78 is 5.14. The van der Waals surface area contributed by atoms with Crippen LogP contribution in [0, 0.1) is 11.8 Å². The molecule has 3 heteroatoms. The van der Waals surface area contributed by atoms with Crippen LogP contribution in [0.5, 0.6) is 0 Å². The van der Waals surface area contributed by atoms with Crippen LogP contribution in [0.2, 0.25) is 25.7 Å². The van der Waals surface area contributed by atoms with E-state index in [4.69, 9.17) is 4.74 Å². The van der Waals surface area contributed by atoms with Gasteiger partial charge in [-0.3, -0.25) is 4.79 Å². The van der Waals surface area contributed by atoms with Gasteiger partial charge in [0.2, 0.25) is 0 Å². The summed E-state index contributed by atoms with van der Waals surface area (Å²) in [5.74, 6) is 0.939. The van der Waals surface area contributed by atoms with E-state index in [2.05, 4.69) is 19.6 Å². The molecule has 0 N–H and O–H groups in total. The lowest BCUT2D eigenvalue weighted by Crippen LogP contribution is -2.21. The molecule has 0 radical (unpaired) electrons. The van der Waals surface area contributed by atoms with Crippen LogP contribution in [0.25, 0.3) is 0 Å². The second-order valence-electron chi connectivity index (χ2n) is 5.53. The first-order valence-electron chi connectivity index (χ1n) is 5.60. The van der Waals surface area contributed by atoms with Crippen LogP contribution in [0.3, 0.4) is 0 Å². The number of hydrogen-bond donors (Lipinski definition) is 0. The van der Waals surface area contributed by atoms with E-state index in [0.717, 1.165) is 12.8 Å². The molecular formula is C11H22O2Si. The fourth-order valence-electron chi connectivity index (χ4n) is 1.86. The third-order valence-corrected chi connectivity index (χ3v) is 4.30. The van der Waals surface area contributed by atoms with Gasteiger partial charge in [-0.15, -0.1) is 0 Å². The Bertz CT molecular complexity index is 208. The van der Waals surface area contributed by atoms with Crippen LogP contribution in [0.15, 0.2) is 0 Å². The zero-order chi connectivity index (χ0) is 10.8. The Morgan fingerprint density at radius 3 is 2.57 bits per heavy atom. The molecule has 0 aliphatic heterocycles. The van der Waals surface area contributed by atoms with Crippen molar-refractivity contribution in [3.63, 3.8) is 0 Å². The van der Waals surface area contributed by atoms with Gasteiger partial charge in [0.15, 0.2) is 0 Å². The molecule has 0 bridgehead atoms. The molecule has 2 atom stereocenters. The Balaban J connectivity index is 2.22. The van der Waals surface area contributed by atoms with Gasteiger partial charge in [0.25, 0.3) is 0 Å². The van der Waals surface area contributed by atoms with Gasteiger partial charge in [-0.1, -0.05) is 32.6 Å². The molecule has 1 aliphatic rings. The Hall–Kier alpha value is -0.313. The third-order valence-electron chi connectivity index (χ3n) is 2.55. The van der Waals surface area contributed by atoms with E-state index in [1.54, 1.807) is 0 Å². The molecule has 0 spiro atoms. The zero-order valence-corrected chi connectivity index (χ0v) is 10.8. The van der Waals surface area contributed by atoms with Crippen LogP contribution in [-0.4, -0.2) is 20.7 Å². The van der Waals surface area contributed by atoms with Gasteiger partial charge in [0.1, 0.15) is 0 Å². The highest BCUT2D eigenvalue weighted by atomic mass is 28.3. The molecule has 2 nitrogen and oxygen atoms in total. The van der Waals surface area contributed by atoms with Gasteiger partial charge >= 0.3 is 5.97 Å². The van der Waals surface area contributed by atoms with Gasteiger partial charge in [-0.2, -0.15) is 0 Å². The van der Waals surface area contributed by atoms with Crippen LogP contribution < -0.4 is 0 Å². The summed E-state index contributed by atoms with van der Waals surface area (Å²) in [5.41, 5.74) is 0. The van der Waals surface area contributed by atoms with Gasteiger partial charge in [-0.05, 0) is 18.8 Å². The van der Waals surface area contributed by atoms with E-state index >= 15 is 0 Å². The lowest BCUT2D eigenvalue weighted by atomic mass is 10.3. The van der Waals surface area contributed by atoms with E-state index in [-0.39, 0.29) is 11.9 Å². The molecule has 1 aliphatic carbocycles. The van der Waals surface area contributed by atoms with Crippen molar-refractivity contribution in [3.8, 4) is 0 Å². The van der Waals surface area contributed by atoms with Gasteiger partial charge in [0.05, 0.1) is 12.5 Å². The molecular weight excluding hydrogens is 192 g/mol. The van der Waals surface area contributed by atoms with Crippen LogP contribution >= 0.6 is 0 Å². The van der Waals surface area contributed by atoms with Gasteiger partial charge < -0.3 is 4.74 Å². The predicted octanol–water partition coefficient (Wildman–Crippen LogP) is 2.91. The van der Waals surface area contributed by atoms with Crippen molar-refractivity contribution in [1.29, 1.82) is 0 Å². The minimum absolute atomic E-state index is 0.0510. The van der Waals surface area contributed by atoms with Crippen molar-refractivity contribution in [3.05, 3.63) is 0 Å². The first-order valence-corrected chi connectivity index (χ1v) is 9.31. The first kappa shape index (κ1) is 11.8. The van der Waals surface area contributed by atoms with E-state index < -0.39 is 8.07 Å². The van der Waals surface area contributed by atoms with Crippen molar-refractivity contribution in [2.45, 2.75) is 45.5 Å². The fourth-order valence-corrected chi connectivity index (χ4v) is 3.88. The second kappa shape index (κ2) is 4.47. The number of carbonyl (C=O) groups excluding carboxylic acids is 1. The molecule has 14 heavy (non-hydrogen) atoms. The number of rotatable bonds is 5. The Morgan fingerprint density at radius 2 is 2.07 bits per heavy atom. The Morgan fingerprint density at radius 1 is 1.43 bits per heavy atom. The minimum Gasteiger partial charge on any atom is -0.465 e. The van der Waals surface area contributed by atoms with Crippen molar-refractivity contribution < 1.29 is 9.53 Å². The number of ether oxygens (including phenoxy) is 1. The van der Waals surface area contributed by atoms with Crippen molar-refractivity contribution >= 4 is 14.0 Å². The van der Waals surface area contributed by atoms with Crippen molar-refractivity contribution in [1.82, 2.24) is 0 Å². The molecule has 82 valence electrons. The highest BCUT2D eigenvalue weighted by Crippen LogP contribution is 2.45. The summed E-state index contributed by atoms with van der Waals surface area (Å²) in [6.45, 7) is 9.70. The molecule has 0 heterocycles. The quantitative estimate of drug-likeness (QED) is 0.519. The average Bonchev–Trinajstić information content (AvgIpc) is 2.76. The Kier molecular flexibility index (Phi) is 3.76. The van der Waals surface area contributed by atoms with E-state index in [0.29, 0.717) is 12.5 Å². The lowest BCUT2D eigenvalue weighted by Gasteiger charge is -2.14. The van der Waals surface area contributed by atoms with Crippen LogP contribution in [0.1, 0.15) is 19.8 Å². The summed E-state index contributed by atoms with van der Waals surface area (Å²) in [6.07, 6.45) is 2.00. The fraction of sp³-hybridized carbons (Fsp3) is 0.909. The highest BCUT2D eigenvalue weighted by Gasteiger charge is 2.45. The molecule has 1 saturated carbocycles. The van der Waals surface area contributed by atoms with Crippen LogP contribution in [-0.2, 0) is 9.53 Å². The molecule has 0 saturated heterocycles. The average molecular weight is 214 g/mol. The molecule has 2 unspecified atom stereocenters. The highest BCUT2D eigenvalue weighted by molar-refractivity contribution is 6.76. The second-order valence-corrected chi connectivity index (χ2v) is 11.1. The SMILES string of the molecule is CCCOC(=O)C1CC1C[Si](C)(C)C. The zero-order valence-electron chi connectivity index (χ0n) is 9.80. The smallest absolute Gasteiger partial charge is 0.309 e. The largest absolute Gasteiger partial charge is 0.465 e. The van der Waals surface area contributed by atoms with Crippen molar-refractivity contribution in [2.24, 2.45) is 11.8 Å². The summed E-state index contributed by atoms with van der Waals surface area (Å²) in [4.78, 5) is 11.5. The number of carbonyl (C=O) groups is 1. The van der Waals surface area contributed by atoms with Gasteiger partial charge in [0, 0.05) is 8.07 Å². The van der Waals surface area contributed by atoms with Crippen LogP contribution in [0.4, 0.5) is 0 Å². The summed E-state index contributed by atoms with van der Waals surface area (Å²) in [7, 11) is -0.984. The topological polar surface area (TPSA) is 26.3 Å². The van der Waals surface area contributed by atoms with E-state index in [1.165, 1.54) is 6.04 Å². The van der Waals surface area contributed by atoms with Gasteiger partial charge in [-0.25, -0.2) is 0 Å². The Labute approximate surface area is 88.0 Å². The molecule has 0 aromatic heterocycles. The molecule has 0 aromatic rings. The maximum Gasteiger partial charge on any atom is 0.309 e. The monoisotopic (exact) mass is 214 g/mol. The summed E-state index contributed by atoms with van der Waals surface area (Å²) in [5, 5.41) is 0. The minimum atomic E-state index is -0.984. The summed E-state index contributed by atoms with van der Waals surface area (Å²) >= 11 is 0. The molecule has 0 aromatic carbocycles. The maximum atomic E-state index is 11.5. The van der Waals surface area contributed by atoms with Crippen molar-refractivity contribution in [2.75, 3.05) is 6.61 Å². The standard InChI is InChI=1S/C11H22O2Si/c1-5-6-13-11(12)10-7-9(10)8-14(2,3)4/h9-10H,5-8H2,1-4H3. The predicted molar refractivity (Wildman–Crippen MR) is 61.0 cm³/mol. The van der Waals surface area contributed by atoms with E-state index in [1.807, 2.05) is 6.92 Å². The molecule has 1 rings (SSSR count). The maximum absolute atomic E-state index is 11.5. The molecule has 1 fully saturated rings. The molecule has 0 amide bonds.